The van der Waals surface area contributed by atoms with Crippen LogP contribution in [0.2, 0.25) is 0 Å². The Morgan fingerprint density at radius 1 is 0.500 bits per heavy atom. The van der Waals surface area contributed by atoms with Crippen molar-refractivity contribution < 1.29 is 15.4 Å². The van der Waals surface area contributed by atoms with Crippen molar-refractivity contribution in [3.8, 4) is 11.1 Å². The lowest BCUT2D eigenvalue weighted by molar-refractivity contribution is 0.669. The van der Waals surface area contributed by atoms with Gasteiger partial charge in [-0.1, -0.05) is 127 Å². The summed E-state index contributed by atoms with van der Waals surface area (Å²) in [6, 6.07) is 28.5. The molecule has 0 atom stereocenters. The molecule has 0 aliphatic rings. The molecule has 1 nitrogen and oxygen atoms in total. The maximum atomic E-state index is 9.29. The molecular formula is C41H26O. The van der Waals surface area contributed by atoms with Crippen LogP contribution in [-0.4, -0.2) is 0 Å². The van der Waals surface area contributed by atoms with Gasteiger partial charge in [0.2, 0.25) is 0 Å². The quantitative estimate of drug-likeness (QED) is 0.202. The van der Waals surface area contributed by atoms with Crippen LogP contribution < -0.4 is 0 Å². The minimum atomic E-state index is -0.416. The second-order valence-corrected chi connectivity index (χ2v) is 10.6. The zero-order chi connectivity index (χ0) is 34.6. The summed E-state index contributed by atoms with van der Waals surface area (Å²) < 4.78 is 78.3. The van der Waals surface area contributed by atoms with E-state index < -0.39 is 24.2 Å². The normalized spacial score (nSPS) is 14.6. The van der Waals surface area contributed by atoms with Gasteiger partial charge in [-0.25, -0.2) is 0 Å². The molecular weight excluding hydrogens is 508 g/mol. The van der Waals surface area contributed by atoms with E-state index in [2.05, 4.69) is 0 Å². The largest absolute Gasteiger partial charge is 0.456 e. The van der Waals surface area contributed by atoms with Crippen LogP contribution in [0.25, 0.3) is 76.2 Å². The first-order valence-corrected chi connectivity index (χ1v) is 13.9. The Kier molecular flexibility index (Phi) is 3.62. The van der Waals surface area contributed by atoms with E-state index in [-0.39, 0.29) is 52.1 Å². The van der Waals surface area contributed by atoms with E-state index in [0.29, 0.717) is 27.9 Å². The van der Waals surface area contributed by atoms with Crippen molar-refractivity contribution in [2.24, 2.45) is 0 Å². The summed E-state index contributed by atoms with van der Waals surface area (Å²) in [5.41, 5.74) is 3.50. The van der Waals surface area contributed by atoms with E-state index in [1.54, 1.807) is 6.07 Å². The van der Waals surface area contributed by atoms with Crippen molar-refractivity contribution in [1.82, 2.24) is 0 Å². The molecule has 1 aromatic heterocycles. The van der Waals surface area contributed by atoms with Crippen LogP contribution in [0, 0.1) is 0 Å². The molecule has 0 amide bonds. The highest BCUT2D eigenvalue weighted by Crippen LogP contribution is 2.43. The summed E-state index contributed by atoms with van der Waals surface area (Å²) >= 11 is 0. The van der Waals surface area contributed by atoms with Crippen molar-refractivity contribution in [2.45, 2.75) is 6.42 Å². The maximum absolute atomic E-state index is 9.29. The monoisotopic (exact) mass is 542 g/mol. The second kappa shape index (κ2) is 9.06. The Morgan fingerprint density at radius 3 is 1.88 bits per heavy atom. The van der Waals surface area contributed by atoms with E-state index in [1.807, 2.05) is 91.0 Å². The third-order valence-corrected chi connectivity index (χ3v) is 8.37. The van der Waals surface area contributed by atoms with Gasteiger partial charge in [-0.15, -0.1) is 0 Å². The lowest BCUT2D eigenvalue weighted by atomic mass is 9.85. The van der Waals surface area contributed by atoms with Gasteiger partial charge in [0.25, 0.3) is 0 Å². The first kappa shape index (κ1) is 16.8. The van der Waals surface area contributed by atoms with Gasteiger partial charge in [0.15, 0.2) is 0 Å². The molecule has 42 heavy (non-hydrogen) atoms. The Balaban J connectivity index is 1.49. The molecule has 9 rings (SSSR count). The van der Waals surface area contributed by atoms with Gasteiger partial charge in [0.05, 0.1) is 11.0 Å². The first-order chi connectivity index (χ1) is 24.2. The van der Waals surface area contributed by atoms with E-state index in [0.717, 1.165) is 37.9 Å². The predicted molar refractivity (Wildman–Crippen MR) is 178 cm³/mol. The van der Waals surface area contributed by atoms with Gasteiger partial charge in [0, 0.05) is 10.8 Å². The molecule has 0 bridgehead atoms. The van der Waals surface area contributed by atoms with Crippen molar-refractivity contribution in [3.05, 3.63) is 157 Å². The smallest absolute Gasteiger partial charge is 0.136 e. The summed E-state index contributed by atoms with van der Waals surface area (Å²) in [6.45, 7) is 0. The maximum Gasteiger partial charge on any atom is 0.136 e. The fraction of sp³-hybridized carbons (Fsp3) is 0.0244. The molecule has 8 aromatic carbocycles. The number of rotatable bonds is 3. The van der Waals surface area contributed by atoms with Crippen LogP contribution in [0.5, 0.6) is 0 Å². The van der Waals surface area contributed by atoms with Crippen molar-refractivity contribution in [3.63, 3.8) is 0 Å². The molecule has 0 N–H and O–H groups in total. The molecule has 0 aliphatic carbocycles. The van der Waals surface area contributed by atoms with E-state index in [9.17, 15) is 5.48 Å². The lowest BCUT2D eigenvalue weighted by Gasteiger charge is -2.18. The van der Waals surface area contributed by atoms with Gasteiger partial charge in [-0.2, -0.15) is 0 Å². The average Bonchev–Trinajstić information content (AvgIpc) is 3.52. The Labute approximate surface area is 254 Å². The minimum absolute atomic E-state index is 0.177. The summed E-state index contributed by atoms with van der Waals surface area (Å²) in [5, 5.41) is 6.54. The Morgan fingerprint density at radius 2 is 1.12 bits per heavy atom. The predicted octanol–water partition coefficient (Wildman–Crippen LogP) is 11.5. The first-order valence-electron chi connectivity index (χ1n) is 17.9. The molecule has 0 radical (unpaired) electrons. The highest BCUT2D eigenvalue weighted by molar-refractivity contribution is 6.21. The van der Waals surface area contributed by atoms with Gasteiger partial charge in [-0.05, 0) is 90.0 Å². The van der Waals surface area contributed by atoms with Gasteiger partial charge in [0.1, 0.15) is 11.2 Å². The van der Waals surface area contributed by atoms with E-state index >= 15 is 0 Å². The van der Waals surface area contributed by atoms with Gasteiger partial charge >= 0.3 is 0 Å². The zero-order valence-electron chi connectivity index (χ0n) is 30.4. The summed E-state index contributed by atoms with van der Waals surface area (Å²) in [6.07, 6.45) is 0.177. The number of fused-ring (bicyclic) bond motifs is 8. The average molecular weight is 543 g/mol. The summed E-state index contributed by atoms with van der Waals surface area (Å²) in [5.74, 6) is 0. The zero-order valence-corrected chi connectivity index (χ0v) is 22.4. The SMILES string of the molecule is [2H]c1c([2H])c([2H])c2c(-c3ccc4oc5ccc6ccccc6c5c4c3)c3c([2H])c([2H])c([2H])c([2H])c3c(Cc3cccc4ccccc34)c2c1[2H]. The number of benzene rings is 8. The molecule has 0 aliphatic heterocycles. The second-order valence-electron chi connectivity index (χ2n) is 10.6. The van der Waals surface area contributed by atoms with Crippen molar-refractivity contribution in [1.29, 1.82) is 0 Å². The molecule has 9 aromatic rings. The van der Waals surface area contributed by atoms with Gasteiger partial charge < -0.3 is 4.42 Å². The summed E-state index contributed by atoms with van der Waals surface area (Å²) in [7, 11) is 0. The molecule has 0 saturated heterocycles. The molecule has 0 saturated carbocycles. The molecule has 0 fully saturated rings. The highest BCUT2D eigenvalue weighted by atomic mass is 16.3. The van der Waals surface area contributed by atoms with Crippen LogP contribution >= 0.6 is 0 Å². The van der Waals surface area contributed by atoms with Gasteiger partial charge in [-0.3, -0.25) is 0 Å². The van der Waals surface area contributed by atoms with Crippen LogP contribution in [-0.2, 0) is 6.42 Å². The van der Waals surface area contributed by atoms with Crippen LogP contribution in [0.15, 0.2) is 150 Å². The molecule has 196 valence electrons. The number of furan rings is 1. The standard InChI is InChI=1S/C41H26O/c1-3-14-30-26(10-1)12-9-13-28(30)24-36-32-16-5-7-18-34(32)40(35-19-8-6-17-33(35)36)29-21-22-38-37(25-29)41-31-15-4-2-11-27(31)20-23-39(41)42-38/h1-23,25H,24H2/i5D,6D,7D,8D,16D,17D,18D,19D. The fourth-order valence-corrected chi connectivity index (χ4v) is 6.51. The molecule has 0 unspecified atom stereocenters. The topological polar surface area (TPSA) is 13.1 Å². The minimum Gasteiger partial charge on any atom is -0.456 e. The molecule has 1 heteroatoms. The van der Waals surface area contributed by atoms with Crippen LogP contribution in [0.4, 0.5) is 0 Å². The van der Waals surface area contributed by atoms with E-state index in [1.165, 1.54) is 0 Å². The van der Waals surface area contributed by atoms with Crippen molar-refractivity contribution >= 4 is 65.0 Å². The van der Waals surface area contributed by atoms with Crippen LogP contribution in [0.3, 0.4) is 0 Å². The van der Waals surface area contributed by atoms with Crippen LogP contribution in [0.1, 0.15) is 22.1 Å². The Hall–Kier alpha value is -5.40. The third-order valence-electron chi connectivity index (χ3n) is 8.37. The van der Waals surface area contributed by atoms with Crippen molar-refractivity contribution in [2.75, 3.05) is 0 Å². The number of hydrogen-bond donors (Lipinski definition) is 0. The molecule has 0 spiro atoms. The summed E-state index contributed by atoms with van der Waals surface area (Å²) in [4.78, 5) is 0. The molecule has 1 heterocycles. The third kappa shape index (κ3) is 3.44. The lowest BCUT2D eigenvalue weighted by Crippen LogP contribution is -1.96. The Bertz CT molecular complexity index is 2860. The van der Waals surface area contributed by atoms with E-state index in [4.69, 9.17) is 9.90 Å². The fourth-order valence-electron chi connectivity index (χ4n) is 6.51. The number of hydrogen-bond acceptors (Lipinski definition) is 1. The highest BCUT2D eigenvalue weighted by Gasteiger charge is 2.18.